The minimum atomic E-state index is -3.81. The van der Waals surface area contributed by atoms with Crippen molar-refractivity contribution in [2.45, 2.75) is 24.5 Å². The van der Waals surface area contributed by atoms with Crippen molar-refractivity contribution in [2.75, 3.05) is 6.61 Å². The second kappa shape index (κ2) is 5.74. The summed E-state index contributed by atoms with van der Waals surface area (Å²) in [4.78, 5) is 24.9. The Hall–Kier alpha value is -1.27. The van der Waals surface area contributed by atoms with E-state index in [1.54, 1.807) is 0 Å². The third-order valence-corrected chi connectivity index (χ3v) is 4.64. The summed E-state index contributed by atoms with van der Waals surface area (Å²) in [6.45, 7) is -0.554. The van der Waals surface area contributed by atoms with Gasteiger partial charge in [0.1, 0.15) is 18.3 Å². The predicted octanol–water partition coefficient (Wildman–Crippen LogP) is -2.41. The number of aliphatic hydroxyl groups is 2. The van der Waals surface area contributed by atoms with Gasteiger partial charge in [0.2, 0.25) is 0 Å². The molecule has 0 spiro atoms. The zero-order chi connectivity index (χ0) is 15.9. The first-order chi connectivity index (χ1) is 10.4. The van der Waals surface area contributed by atoms with Crippen molar-refractivity contribution in [2.24, 2.45) is 0 Å². The second-order valence-electron chi connectivity index (χ2n) is 4.65. The Morgan fingerprint density at radius 1 is 1.45 bits per heavy atom. The van der Waals surface area contributed by atoms with Gasteiger partial charge < -0.3 is 23.8 Å². The molecule has 0 bridgehead atoms. The van der Waals surface area contributed by atoms with Crippen LogP contribution in [0.25, 0.3) is 0 Å². The molecule has 2 aliphatic rings. The van der Waals surface area contributed by atoms with E-state index < -0.39 is 50.2 Å². The molecule has 13 heteroatoms. The van der Waals surface area contributed by atoms with Crippen LogP contribution in [0.2, 0.25) is 0 Å². The molecule has 0 saturated carbocycles. The molecule has 3 rings (SSSR count). The van der Waals surface area contributed by atoms with Crippen LogP contribution in [0, 0.1) is 0 Å². The highest BCUT2D eigenvalue weighted by Gasteiger charge is 2.51. The fourth-order valence-electron chi connectivity index (χ4n) is 2.18. The van der Waals surface area contributed by atoms with Crippen LogP contribution in [-0.4, -0.2) is 52.4 Å². The number of hydrogen-bond donors (Lipinski definition) is 3. The SMILES string of the molecule is O=c1ccn([C@@H]2O[C@H](CO)[C@@H](O)[C@H]2OP2(=O)OBO2)c(=O)[nH]1. The number of hydrogen-bond acceptors (Lipinski definition) is 9. The molecule has 2 aliphatic heterocycles. The number of rotatable bonds is 4. The van der Waals surface area contributed by atoms with Crippen molar-refractivity contribution in [3.8, 4) is 0 Å². The lowest BCUT2D eigenvalue weighted by atomic mass is 10.1. The van der Waals surface area contributed by atoms with Crippen molar-refractivity contribution in [3.05, 3.63) is 33.1 Å². The van der Waals surface area contributed by atoms with Crippen molar-refractivity contribution in [1.29, 1.82) is 0 Å². The summed E-state index contributed by atoms with van der Waals surface area (Å²) < 4.78 is 32.6. The Kier molecular flexibility index (Phi) is 4.08. The van der Waals surface area contributed by atoms with Gasteiger partial charge in [0, 0.05) is 12.3 Å². The van der Waals surface area contributed by atoms with Gasteiger partial charge in [-0.25, -0.2) is 9.36 Å². The lowest BCUT2D eigenvalue weighted by Crippen LogP contribution is -2.40. The highest BCUT2D eigenvalue weighted by atomic mass is 31.2. The Bertz CT molecular complexity index is 712. The van der Waals surface area contributed by atoms with Gasteiger partial charge in [0.25, 0.3) is 5.56 Å². The van der Waals surface area contributed by atoms with E-state index in [0.717, 1.165) is 16.8 Å². The van der Waals surface area contributed by atoms with E-state index >= 15 is 0 Å². The minimum absolute atomic E-state index is 0.215. The zero-order valence-electron chi connectivity index (χ0n) is 11.0. The Morgan fingerprint density at radius 3 is 2.73 bits per heavy atom. The number of ether oxygens (including phenoxy) is 1. The van der Waals surface area contributed by atoms with Crippen molar-refractivity contribution < 1.29 is 32.9 Å². The van der Waals surface area contributed by atoms with Crippen LogP contribution < -0.4 is 11.2 Å². The molecule has 0 unspecified atom stereocenters. The number of H-pyrrole nitrogens is 1. The fraction of sp³-hybridized carbons (Fsp3) is 0.556. The summed E-state index contributed by atoms with van der Waals surface area (Å²) in [5.74, 6) is 0. The third-order valence-electron chi connectivity index (χ3n) is 3.29. The van der Waals surface area contributed by atoms with Gasteiger partial charge >= 0.3 is 21.2 Å². The second-order valence-corrected chi connectivity index (χ2v) is 6.27. The van der Waals surface area contributed by atoms with Gasteiger partial charge in [-0.3, -0.25) is 18.9 Å². The average molecular weight is 334 g/mol. The maximum atomic E-state index is 11.8. The number of aromatic nitrogens is 2. The van der Waals surface area contributed by atoms with Gasteiger partial charge in [-0.15, -0.1) is 0 Å². The first-order valence-corrected chi connectivity index (χ1v) is 7.73. The fourth-order valence-corrected chi connectivity index (χ4v) is 3.11. The van der Waals surface area contributed by atoms with E-state index in [9.17, 15) is 24.4 Å². The molecule has 1 aromatic rings. The molecule has 22 heavy (non-hydrogen) atoms. The van der Waals surface area contributed by atoms with E-state index in [0.29, 0.717) is 0 Å². The third kappa shape index (κ3) is 2.70. The molecule has 3 N–H and O–H groups in total. The summed E-state index contributed by atoms with van der Waals surface area (Å²) in [7, 11) is -4.02. The number of nitrogens with zero attached hydrogens (tertiary/aromatic N) is 1. The van der Waals surface area contributed by atoms with Crippen molar-refractivity contribution in [1.82, 2.24) is 9.55 Å². The van der Waals surface area contributed by atoms with E-state index in [-0.39, 0.29) is 7.69 Å². The molecule has 120 valence electrons. The topological polar surface area (TPSA) is 149 Å². The van der Waals surface area contributed by atoms with E-state index in [4.69, 9.17) is 9.26 Å². The van der Waals surface area contributed by atoms with Crippen molar-refractivity contribution >= 4 is 15.5 Å². The average Bonchev–Trinajstić information content (AvgIpc) is 2.74. The summed E-state index contributed by atoms with van der Waals surface area (Å²) in [6.07, 6.45) is -3.84. The summed E-state index contributed by atoms with van der Waals surface area (Å²) in [5.41, 5.74) is -1.43. The van der Waals surface area contributed by atoms with Crippen LogP contribution in [0.15, 0.2) is 21.9 Å². The molecular weight excluding hydrogens is 322 g/mol. The van der Waals surface area contributed by atoms with Crippen LogP contribution in [0.1, 0.15) is 6.23 Å². The summed E-state index contributed by atoms with van der Waals surface area (Å²) in [6, 6.07) is 1.07. The molecule has 11 nitrogen and oxygen atoms in total. The quantitative estimate of drug-likeness (QED) is 0.404. The number of aliphatic hydroxyl groups excluding tert-OH is 2. The lowest BCUT2D eigenvalue weighted by Gasteiger charge is -2.30. The zero-order valence-corrected chi connectivity index (χ0v) is 11.9. The predicted molar refractivity (Wildman–Crippen MR) is 70.1 cm³/mol. The molecule has 2 fully saturated rings. The first-order valence-electron chi connectivity index (χ1n) is 6.27. The highest BCUT2D eigenvalue weighted by Crippen LogP contribution is 2.58. The van der Waals surface area contributed by atoms with Crippen LogP contribution >= 0.6 is 7.82 Å². The molecule has 0 amide bonds. The molecular formula is C9H12BN2O9P. The maximum absolute atomic E-state index is 11.8. The van der Waals surface area contributed by atoms with Gasteiger partial charge in [-0.2, -0.15) is 0 Å². The molecule has 1 aromatic heterocycles. The Morgan fingerprint density at radius 2 is 2.18 bits per heavy atom. The van der Waals surface area contributed by atoms with Crippen LogP contribution in [0.5, 0.6) is 0 Å². The van der Waals surface area contributed by atoms with Crippen molar-refractivity contribution in [3.63, 3.8) is 0 Å². The molecule has 0 radical (unpaired) electrons. The van der Waals surface area contributed by atoms with E-state index in [1.165, 1.54) is 0 Å². The first kappa shape index (κ1) is 15.6. The van der Waals surface area contributed by atoms with Gasteiger partial charge in [0.05, 0.1) is 6.61 Å². The normalized spacial score (nSPS) is 33.2. The minimum Gasteiger partial charge on any atom is -0.394 e. The largest absolute Gasteiger partial charge is 0.456 e. The Balaban J connectivity index is 1.93. The van der Waals surface area contributed by atoms with Crippen LogP contribution in [0.4, 0.5) is 0 Å². The Labute approximate surface area is 123 Å². The van der Waals surface area contributed by atoms with Gasteiger partial charge in [-0.1, -0.05) is 0 Å². The van der Waals surface area contributed by atoms with Gasteiger partial charge in [0.15, 0.2) is 6.23 Å². The highest BCUT2D eigenvalue weighted by molar-refractivity contribution is 7.53. The molecule has 4 atom stereocenters. The van der Waals surface area contributed by atoms with Crippen LogP contribution in [-0.2, 0) is 22.7 Å². The number of phosphoric acid groups is 1. The van der Waals surface area contributed by atoms with Gasteiger partial charge in [-0.05, 0) is 0 Å². The summed E-state index contributed by atoms with van der Waals surface area (Å²) >= 11 is 0. The maximum Gasteiger partial charge on any atom is 0.456 e. The molecule has 0 aromatic carbocycles. The molecule has 0 aliphatic carbocycles. The smallest absolute Gasteiger partial charge is 0.394 e. The molecule has 2 saturated heterocycles. The molecule has 3 heterocycles. The number of aromatic amines is 1. The van der Waals surface area contributed by atoms with E-state index in [1.807, 2.05) is 4.98 Å². The summed E-state index contributed by atoms with van der Waals surface area (Å²) in [5, 5.41) is 19.3. The number of nitrogens with one attached hydrogen (secondary N) is 1. The van der Waals surface area contributed by atoms with E-state index in [2.05, 4.69) is 8.88 Å². The monoisotopic (exact) mass is 334 g/mol. The standard InChI is InChI=1S/C9H12BN2O9P/c13-3-4-6(15)7(19-22(17)20-10-21-22)8(18-4)12-2-1-5(14)11-9(12)16/h1-2,4,6-8,10,13,15H,3H2,(H,11,14,16)/t4-,6-,7-,8-/m1/s1. The van der Waals surface area contributed by atoms with Crippen LogP contribution in [0.3, 0.4) is 0 Å². The lowest BCUT2D eigenvalue weighted by molar-refractivity contribution is -0.0551.